The fourth-order valence-corrected chi connectivity index (χ4v) is 2.87. The SMILES string of the molecule is CCCc1cc(F)c(C#CC2CCC(OC(F)(F)F)CC2)c(F)c1. The number of halogens is 5. The molecule has 0 amide bonds. The second-order valence-electron chi connectivity index (χ2n) is 5.99. The predicted molar refractivity (Wildman–Crippen MR) is 80.1 cm³/mol. The Morgan fingerprint density at radius 1 is 1.08 bits per heavy atom. The summed E-state index contributed by atoms with van der Waals surface area (Å²) < 4.78 is 68.3. The second-order valence-corrected chi connectivity index (χ2v) is 5.99. The smallest absolute Gasteiger partial charge is 0.289 e. The van der Waals surface area contributed by atoms with E-state index in [1.165, 1.54) is 12.1 Å². The number of alkyl halides is 3. The van der Waals surface area contributed by atoms with Crippen LogP contribution < -0.4 is 0 Å². The highest BCUT2D eigenvalue weighted by atomic mass is 19.4. The van der Waals surface area contributed by atoms with Crippen molar-refractivity contribution in [1.29, 1.82) is 0 Å². The van der Waals surface area contributed by atoms with Crippen LogP contribution in [0.5, 0.6) is 0 Å². The average Bonchev–Trinajstić information content (AvgIpc) is 2.47. The Balaban J connectivity index is 1.99. The maximum absolute atomic E-state index is 13.9. The van der Waals surface area contributed by atoms with Crippen molar-refractivity contribution in [3.63, 3.8) is 0 Å². The van der Waals surface area contributed by atoms with Crippen molar-refractivity contribution >= 4 is 0 Å². The number of rotatable bonds is 3. The van der Waals surface area contributed by atoms with Crippen molar-refractivity contribution in [1.82, 2.24) is 0 Å². The summed E-state index contributed by atoms with van der Waals surface area (Å²) in [5, 5.41) is 0. The van der Waals surface area contributed by atoms with E-state index in [-0.39, 0.29) is 24.3 Å². The summed E-state index contributed by atoms with van der Waals surface area (Å²) in [6.07, 6.45) is -2.80. The van der Waals surface area contributed by atoms with Crippen molar-refractivity contribution in [3.8, 4) is 11.8 Å². The lowest BCUT2D eigenvalue weighted by Gasteiger charge is -2.26. The van der Waals surface area contributed by atoms with Crippen LogP contribution in [-0.4, -0.2) is 12.5 Å². The van der Waals surface area contributed by atoms with Gasteiger partial charge in [0.05, 0.1) is 11.7 Å². The Labute approximate surface area is 138 Å². The molecule has 1 aliphatic rings. The Kier molecular flexibility index (Phi) is 6.22. The third-order valence-electron chi connectivity index (χ3n) is 4.02. The Bertz CT molecular complexity index is 596. The standard InChI is InChI=1S/C18H19F5O/c1-2-3-13-10-16(19)15(17(20)11-13)9-6-12-4-7-14(8-5-12)24-18(21,22)23/h10-12,14H,2-5,7-8H2,1H3. The lowest BCUT2D eigenvalue weighted by atomic mass is 9.87. The monoisotopic (exact) mass is 346 g/mol. The molecule has 24 heavy (non-hydrogen) atoms. The lowest BCUT2D eigenvalue weighted by Crippen LogP contribution is -2.27. The Hall–Kier alpha value is -1.61. The highest BCUT2D eigenvalue weighted by molar-refractivity contribution is 5.39. The van der Waals surface area contributed by atoms with E-state index >= 15 is 0 Å². The number of hydrogen-bond acceptors (Lipinski definition) is 1. The van der Waals surface area contributed by atoms with E-state index in [0.29, 0.717) is 24.8 Å². The molecule has 1 aromatic rings. The van der Waals surface area contributed by atoms with Gasteiger partial charge in [-0.15, -0.1) is 13.2 Å². The molecule has 1 saturated carbocycles. The van der Waals surface area contributed by atoms with E-state index < -0.39 is 24.1 Å². The quantitative estimate of drug-likeness (QED) is 0.528. The van der Waals surface area contributed by atoms with E-state index in [4.69, 9.17) is 0 Å². The van der Waals surface area contributed by atoms with E-state index in [1.54, 1.807) is 0 Å². The van der Waals surface area contributed by atoms with Crippen LogP contribution in [0, 0.1) is 29.4 Å². The molecule has 6 heteroatoms. The molecule has 0 aliphatic heterocycles. The summed E-state index contributed by atoms with van der Waals surface area (Å²) in [4.78, 5) is 0. The number of benzene rings is 1. The van der Waals surface area contributed by atoms with Gasteiger partial charge in [0.2, 0.25) is 0 Å². The van der Waals surface area contributed by atoms with E-state index in [2.05, 4.69) is 16.6 Å². The number of aryl methyl sites for hydroxylation is 1. The number of ether oxygens (including phenoxy) is 1. The molecular formula is C18H19F5O. The van der Waals surface area contributed by atoms with Crippen molar-refractivity contribution in [2.75, 3.05) is 0 Å². The first-order valence-corrected chi connectivity index (χ1v) is 8.02. The Morgan fingerprint density at radius 2 is 1.67 bits per heavy atom. The van der Waals surface area contributed by atoms with Crippen molar-refractivity contribution in [2.45, 2.75) is 57.9 Å². The van der Waals surface area contributed by atoms with Crippen LogP contribution in [0.3, 0.4) is 0 Å². The average molecular weight is 346 g/mol. The summed E-state index contributed by atoms with van der Waals surface area (Å²) >= 11 is 0. The van der Waals surface area contributed by atoms with Crippen LogP contribution in [-0.2, 0) is 11.2 Å². The summed E-state index contributed by atoms with van der Waals surface area (Å²) in [7, 11) is 0. The minimum Gasteiger partial charge on any atom is -0.289 e. The first-order valence-electron chi connectivity index (χ1n) is 8.02. The van der Waals surface area contributed by atoms with E-state index in [9.17, 15) is 22.0 Å². The zero-order valence-corrected chi connectivity index (χ0v) is 13.4. The molecule has 1 aliphatic carbocycles. The zero-order valence-electron chi connectivity index (χ0n) is 13.4. The molecule has 0 N–H and O–H groups in total. The molecule has 0 saturated heterocycles. The minimum absolute atomic E-state index is 0.174. The van der Waals surface area contributed by atoms with E-state index in [1.807, 2.05) is 6.92 Å². The van der Waals surface area contributed by atoms with Crippen molar-refractivity contribution in [3.05, 3.63) is 34.9 Å². The molecule has 0 atom stereocenters. The van der Waals surface area contributed by atoms with Crippen LogP contribution in [0.2, 0.25) is 0 Å². The molecule has 0 aromatic heterocycles. The van der Waals surface area contributed by atoms with Crippen molar-refractivity contribution < 1.29 is 26.7 Å². The molecule has 1 nitrogen and oxygen atoms in total. The molecule has 1 fully saturated rings. The Morgan fingerprint density at radius 3 is 2.17 bits per heavy atom. The van der Waals surface area contributed by atoms with Gasteiger partial charge in [-0.2, -0.15) is 0 Å². The molecule has 0 heterocycles. The van der Waals surface area contributed by atoms with Gasteiger partial charge in [-0.25, -0.2) is 8.78 Å². The van der Waals surface area contributed by atoms with Gasteiger partial charge in [-0.3, -0.25) is 4.74 Å². The summed E-state index contributed by atoms with van der Waals surface area (Å²) in [5.74, 6) is 3.75. The van der Waals surface area contributed by atoms with Gasteiger partial charge in [-0.1, -0.05) is 25.2 Å². The molecule has 132 valence electrons. The minimum atomic E-state index is -4.63. The number of hydrogen-bond donors (Lipinski definition) is 0. The maximum Gasteiger partial charge on any atom is 0.522 e. The molecular weight excluding hydrogens is 327 g/mol. The summed E-state index contributed by atoms with van der Waals surface area (Å²) in [6.45, 7) is 1.92. The van der Waals surface area contributed by atoms with Gasteiger partial charge in [0.1, 0.15) is 11.6 Å². The first-order chi connectivity index (χ1) is 11.3. The van der Waals surface area contributed by atoms with Gasteiger partial charge in [-0.05, 0) is 49.8 Å². The van der Waals surface area contributed by atoms with Gasteiger partial charge < -0.3 is 0 Å². The highest BCUT2D eigenvalue weighted by Gasteiger charge is 2.35. The van der Waals surface area contributed by atoms with Gasteiger partial charge >= 0.3 is 6.36 Å². The van der Waals surface area contributed by atoms with Gasteiger partial charge in [0, 0.05) is 5.92 Å². The molecule has 0 unspecified atom stereocenters. The molecule has 0 spiro atoms. The first kappa shape index (κ1) is 18.7. The molecule has 2 rings (SSSR count). The topological polar surface area (TPSA) is 9.23 Å². The van der Waals surface area contributed by atoms with Crippen molar-refractivity contribution in [2.24, 2.45) is 5.92 Å². The third kappa shape index (κ3) is 5.48. The largest absolute Gasteiger partial charge is 0.522 e. The van der Waals surface area contributed by atoms with Crippen LogP contribution in [0.4, 0.5) is 22.0 Å². The fraction of sp³-hybridized carbons (Fsp3) is 0.556. The van der Waals surface area contributed by atoms with Crippen LogP contribution in [0.15, 0.2) is 12.1 Å². The van der Waals surface area contributed by atoms with Crippen LogP contribution in [0.25, 0.3) is 0 Å². The van der Waals surface area contributed by atoms with E-state index in [0.717, 1.165) is 6.42 Å². The molecule has 1 aromatic carbocycles. The van der Waals surface area contributed by atoms with Crippen LogP contribution >= 0.6 is 0 Å². The maximum atomic E-state index is 13.9. The zero-order chi connectivity index (χ0) is 17.7. The lowest BCUT2D eigenvalue weighted by molar-refractivity contribution is -0.345. The van der Waals surface area contributed by atoms with Crippen LogP contribution in [0.1, 0.15) is 50.2 Å². The molecule has 0 radical (unpaired) electrons. The van der Waals surface area contributed by atoms with Gasteiger partial charge in [0.15, 0.2) is 0 Å². The fourth-order valence-electron chi connectivity index (χ4n) is 2.87. The van der Waals surface area contributed by atoms with Gasteiger partial charge in [0.25, 0.3) is 0 Å². The normalized spacial score (nSPS) is 21.2. The second kappa shape index (κ2) is 7.98. The summed E-state index contributed by atoms with van der Waals surface area (Å²) in [5.41, 5.74) is 0.311. The highest BCUT2D eigenvalue weighted by Crippen LogP contribution is 2.30. The molecule has 0 bridgehead atoms. The third-order valence-corrected chi connectivity index (χ3v) is 4.02. The summed E-state index contributed by atoms with van der Waals surface area (Å²) in [6, 6.07) is 2.56. The predicted octanol–water partition coefficient (Wildman–Crippen LogP) is 5.36.